The first-order valence-electron chi connectivity index (χ1n) is 19.3. The van der Waals surface area contributed by atoms with E-state index in [0.717, 1.165) is 38.5 Å². The summed E-state index contributed by atoms with van der Waals surface area (Å²) < 4.78 is 22.4. The molecule has 0 saturated heterocycles. The van der Waals surface area contributed by atoms with Crippen molar-refractivity contribution in [2.45, 2.75) is 193 Å². The number of carbonyl (C=O) groups excluding carboxylic acids is 1. The lowest BCUT2D eigenvalue weighted by Gasteiger charge is -2.23. The van der Waals surface area contributed by atoms with Gasteiger partial charge >= 0.3 is 7.82 Å². The van der Waals surface area contributed by atoms with Gasteiger partial charge in [0.05, 0.1) is 25.4 Å². The van der Waals surface area contributed by atoms with Crippen molar-refractivity contribution in [2.24, 2.45) is 0 Å². The minimum Gasteiger partial charge on any atom is -0.387 e. The predicted molar refractivity (Wildman–Crippen MR) is 194 cm³/mol. The zero-order valence-corrected chi connectivity index (χ0v) is 31.2. The highest BCUT2D eigenvalue weighted by Crippen LogP contribution is 2.43. The molecule has 0 spiro atoms. The molecule has 0 saturated carbocycles. The van der Waals surface area contributed by atoms with Crippen LogP contribution >= 0.6 is 7.82 Å². The number of phosphoric acid groups is 1. The smallest absolute Gasteiger partial charge is 0.387 e. The molecule has 46 heavy (non-hydrogen) atoms. The van der Waals surface area contributed by atoms with E-state index in [0.29, 0.717) is 13.0 Å². The van der Waals surface area contributed by atoms with Crippen molar-refractivity contribution < 1.29 is 28.4 Å². The Hall–Kier alpha value is -0.760. The Morgan fingerprint density at radius 2 is 1.13 bits per heavy atom. The highest BCUT2D eigenvalue weighted by molar-refractivity contribution is 7.47. The number of likely N-dealkylation sites (N-methyl/N-ethyl adjacent to an activating group) is 1. The van der Waals surface area contributed by atoms with Crippen molar-refractivity contribution in [2.75, 3.05) is 26.8 Å². The molecule has 0 rings (SSSR count). The number of rotatable bonds is 36. The lowest BCUT2D eigenvalue weighted by Crippen LogP contribution is -2.45. The zero-order valence-electron chi connectivity index (χ0n) is 30.3. The fourth-order valence-corrected chi connectivity index (χ4v) is 6.32. The summed E-state index contributed by atoms with van der Waals surface area (Å²) in [5, 5.41) is 16.5. The summed E-state index contributed by atoms with van der Waals surface area (Å²) in [5.41, 5.74) is 0. The summed E-state index contributed by atoms with van der Waals surface area (Å²) in [6.45, 7) is 4.60. The third-order valence-corrected chi connectivity index (χ3v) is 9.58. The summed E-state index contributed by atoms with van der Waals surface area (Å²) in [6, 6.07) is -0.837. The van der Waals surface area contributed by atoms with Crippen LogP contribution < -0.4 is 10.6 Å². The molecule has 0 aromatic rings. The fraction of sp³-hybridized carbons (Fsp3) is 0.919. The van der Waals surface area contributed by atoms with Crippen molar-refractivity contribution in [3.05, 3.63) is 12.2 Å². The van der Waals surface area contributed by atoms with Crippen LogP contribution in [0.4, 0.5) is 0 Å². The van der Waals surface area contributed by atoms with Crippen molar-refractivity contribution in [1.82, 2.24) is 10.6 Å². The van der Waals surface area contributed by atoms with Gasteiger partial charge in [-0.2, -0.15) is 0 Å². The third kappa shape index (κ3) is 31.8. The third-order valence-electron chi connectivity index (χ3n) is 8.60. The molecule has 1 amide bonds. The first-order chi connectivity index (χ1) is 22.4. The number of hydrogen-bond donors (Lipinski definition) is 4. The Balaban J connectivity index is 4.37. The van der Waals surface area contributed by atoms with Crippen LogP contribution in [0.25, 0.3) is 0 Å². The molecule has 4 N–H and O–H groups in total. The van der Waals surface area contributed by atoms with Crippen LogP contribution in [0.3, 0.4) is 0 Å². The molecule has 274 valence electrons. The van der Waals surface area contributed by atoms with Gasteiger partial charge in [0.25, 0.3) is 0 Å². The van der Waals surface area contributed by atoms with Gasteiger partial charge in [-0.15, -0.1) is 0 Å². The monoisotopic (exact) mass is 675 g/mol. The lowest BCUT2D eigenvalue weighted by molar-refractivity contribution is -0.123. The number of unbranched alkanes of at least 4 members (excludes halogenated alkanes) is 23. The number of aliphatic hydroxyl groups is 1. The van der Waals surface area contributed by atoms with E-state index in [1.165, 1.54) is 122 Å². The average Bonchev–Trinajstić information content (AvgIpc) is 3.03. The van der Waals surface area contributed by atoms with E-state index in [2.05, 4.69) is 24.5 Å². The van der Waals surface area contributed by atoms with Gasteiger partial charge in [0.15, 0.2) is 0 Å². The van der Waals surface area contributed by atoms with Crippen LogP contribution in [0, 0.1) is 0 Å². The largest absolute Gasteiger partial charge is 0.472 e. The van der Waals surface area contributed by atoms with E-state index in [-0.39, 0.29) is 19.1 Å². The van der Waals surface area contributed by atoms with Gasteiger partial charge < -0.3 is 20.6 Å². The summed E-state index contributed by atoms with van der Waals surface area (Å²) in [5.74, 6) is -0.182. The van der Waals surface area contributed by atoms with Gasteiger partial charge in [0.1, 0.15) is 0 Å². The maximum atomic E-state index is 12.7. The Labute approximate surface area is 284 Å². The van der Waals surface area contributed by atoms with E-state index < -0.39 is 20.0 Å². The number of nitrogens with one attached hydrogen (secondary N) is 2. The molecule has 0 aromatic carbocycles. The molecule has 3 atom stereocenters. The Bertz CT molecular complexity index is 739. The van der Waals surface area contributed by atoms with Crippen LogP contribution in [0.2, 0.25) is 0 Å². The molecule has 8 nitrogen and oxygen atoms in total. The van der Waals surface area contributed by atoms with Gasteiger partial charge in [-0.05, 0) is 26.3 Å². The molecule has 0 aliphatic carbocycles. The van der Waals surface area contributed by atoms with E-state index >= 15 is 0 Å². The second-order valence-corrected chi connectivity index (χ2v) is 14.6. The molecule has 0 heterocycles. The summed E-state index contributed by atoms with van der Waals surface area (Å²) >= 11 is 0. The molecule has 0 aliphatic heterocycles. The van der Waals surface area contributed by atoms with E-state index in [9.17, 15) is 19.4 Å². The van der Waals surface area contributed by atoms with Gasteiger partial charge in [0.2, 0.25) is 5.91 Å². The van der Waals surface area contributed by atoms with Gasteiger partial charge in [0, 0.05) is 13.0 Å². The topological polar surface area (TPSA) is 117 Å². The molecular formula is C37H75N2O6P. The first-order valence-corrected chi connectivity index (χ1v) is 20.8. The van der Waals surface area contributed by atoms with Crippen LogP contribution in [-0.2, 0) is 18.4 Å². The van der Waals surface area contributed by atoms with Gasteiger partial charge in [-0.1, -0.05) is 167 Å². The van der Waals surface area contributed by atoms with Crippen molar-refractivity contribution >= 4 is 13.7 Å². The lowest BCUT2D eigenvalue weighted by atomic mass is 10.0. The fourth-order valence-electron chi connectivity index (χ4n) is 5.58. The Morgan fingerprint density at radius 3 is 1.59 bits per heavy atom. The maximum Gasteiger partial charge on any atom is 0.472 e. The first kappa shape index (κ1) is 45.2. The minimum atomic E-state index is -4.30. The SMILES string of the molecule is CCCCCCCCCCCCC/C=C/[C@@H](O)[C@H](COP(=O)(O)OCCNC)NC(=O)CCCCCCCCCCCCCCC. The van der Waals surface area contributed by atoms with E-state index in [1.54, 1.807) is 13.1 Å². The zero-order chi connectivity index (χ0) is 34.0. The quantitative estimate of drug-likeness (QED) is 0.0297. The number of allylic oxidation sites excluding steroid dienone is 1. The Kier molecular flexibility index (Phi) is 33.6. The number of hydrogen-bond acceptors (Lipinski definition) is 6. The van der Waals surface area contributed by atoms with E-state index in [1.807, 2.05) is 6.08 Å². The molecule has 0 bridgehead atoms. The van der Waals surface area contributed by atoms with E-state index in [4.69, 9.17) is 9.05 Å². The molecular weight excluding hydrogens is 599 g/mol. The van der Waals surface area contributed by atoms with Crippen molar-refractivity contribution in [1.29, 1.82) is 0 Å². The summed E-state index contributed by atoms with van der Waals surface area (Å²) in [7, 11) is -2.58. The highest BCUT2D eigenvalue weighted by Gasteiger charge is 2.26. The second kappa shape index (κ2) is 34.1. The van der Waals surface area contributed by atoms with Crippen molar-refractivity contribution in [3.8, 4) is 0 Å². The normalized spacial score (nSPS) is 14.5. The van der Waals surface area contributed by atoms with Crippen LogP contribution in [-0.4, -0.2) is 54.9 Å². The number of aliphatic hydroxyl groups excluding tert-OH is 1. The molecule has 0 fully saturated rings. The maximum absolute atomic E-state index is 12.7. The standard InChI is InChI=1S/C37H75N2O6P/c1-4-6-8-10-12-14-16-18-20-22-24-26-28-30-36(40)35(34-45-46(42,43)44-33-32-38-3)39-37(41)31-29-27-25-23-21-19-17-15-13-11-9-7-5-2/h28,30,35-36,38,40H,4-27,29,31-34H2,1-3H3,(H,39,41)(H,42,43)/b30-28+/t35-,36+/m0/s1. The average molecular weight is 675 g/mol. The second-order valence-electron chi connectivity index (χ2n) is 13.1. The molecule has 0 aromatic heterocycles. The van der Waals surface area contributed by atoms with Crippen molar-refractivity contribution in [3.63, 3.8) is 0 Å². The van der Waals surface area contributed by atoms with Crippen LogP contribution in [0.5, 0.6) is 0 Å². The summed E-state index contributed by atoms with van der Waals surface area (Å²) in [4.78, 5) is 22.7. The molecule has 1 unspecified atom stereocenters. The van der Waals surface area contributed by atoms with Crippen LogP contribution in [0.15, 0.2) is 12.2 Å². The molecule has 0 aliphatic rings. The molecule has 9 heteroatoms. The molecule has 0 radical (unpaired) electrons. The number of amides is 1. The summed E-state index contributed by atoms with van der Waals surface area (Å²) in [6.07, 6.45) is 34.0. The Morgan fingerprint density at radius 1 is 0.696 bits per heavy atom. The van der Waals surface area contributed by atoms with Gasteiger partial charge in [-0.25, -0.2) is 4.57 Å². The number of carbonyl (C=O) groups is 1. The highest BCUT2D eigenvalue weighted by atomic mass is 31.2. The minimum absolute atomic E-state index is 0.0156. The van der Waals surface area contributed by atoms with Gasteiger partial charge in [-0.3, -0.25) is 13.8 Å². The van der Waals surface area contributed by atoms with Crippen LogP contribution in [0.1, 0.15) is 181 Å². The predicted octanol–water partition coefficient (Wildman–Crippen LogP) is 9.92. The number of phosphoric ester groups is 1.